The molecule has 0 radical (unpaired) electrons. The van der Waals surface area contributed by atoms with Crippen LogP contribution in [0.5, 0.6) is 0 Å². The monoisotopic (exact) mass is 428 g/mol. The van der Waals surface area contributed by atoms with Crippen LogP contribution >= 0.6 is 11.3 Å². The van der Waals surface area contributed by atoms with Gasteiger partial charge in [-0.25, -0.2) is 4.98 Å². The van der Waals surface area contributed by atoms with Gasteiger partial charge in [0.15, 0.2) is 0 Å². The number of benzene rings is 1. The van der Waals surface area contributed by atoms with Crippen molar-refractivity contribution in [3.05, 3.63) is 45.4 Å². The quantitative estimate of drug-likeness (QED) is 0.499. The van der Waals surface area contributed by atoms with Gasteiger partial charge in [0.1, 0.15) is 5.01 Å². The van der Waals surface area contributed by atoms with Crippen LogP contribution in [0, 0.1) is 17.7 Å². The summed E-state index contributed by atoms with van der Waals surface area (Å²) >= 11 is 1.59. The maximum Gasteiger partial charge on any atom is 0.254 e. The molecular weight excluding hydrogens is 400 g/mol. The molecular formula is C21H28N6O2S. The van der Waals surface area contributed by atoms with Crippen LogP contribution in [0.3, 0.4) is 0 Å². The number of rotatable bonds is 5. The van der Waals surface area contributed by atoms with Crippen LogP contribution in [-0.4, -0.2) is 54.3 Å². The van der Waals surface area contributed by atoms with Gasteiger partial charge in [-0.3, -0.25) is 15.6 Å². The van der Waals surface area contributed by atoms with Crippen molar-refractivity contribution in [3.8, 4) is 0 Å². The van der Waals surface area contributed by atoms with E-state index in [1.807, 2.05) is 42.3 Å². The molecule has 0 saturated carbocycles. The number of carbonyl (C=O) groups is 1. The number of aryl methyl sites for hydroxylation is 1. The summed E-state index contributed by atoms with van der Waals surface area (Å²) in [6, 6.07) is 4.59. The lowest BCUT2D eigenvalue weighted by molar-refractivity contribution is 0.0735. The molecule has 3 rings (SSSR count). The van der Waals surface area contributed by atoms with Crippen LogP contribution < -0.4 is 10.6 Å². The average Bonchev–Trinajstić information content (AvgIpc) is 3.35. The van der Waals surface area contributed by atoms with Gasteiger partial charge in [-0.05, 0) is 44.9 Å². The molecule has 1 aromatic heterocycles. The van der Waals surface area contributed by atoms with E-state index in [1.54, 1.807) is 30.4 Å². The van der Waals surface area contributed by atoms with Gasteiger partial charge in [-0.2, -0.15) is 0 Å². The van der Waals surface area contributed by atoms with Crippen LogP contribution in [0.4, 0.5) is 5.69 Å². The van der Waals surface area contributed by atoms with Crippen LogP contribution in [0.25, 0.3) is 0 Å². The SMILES string of the molecule is Cc1csc([C@H]2CCCN2C(=O)c2cc(C(=N)OC(=N)[C@H](C)N)cc(N(C)C)c2)n1. The molecule has 2 aromatic rings. The molecule has 0 bridgehead atoms. The highest BCUT2D eigenvalue weighted by molar-refractivity contribution is 7.09. The van der Waals surface area contributed by atoms with E-state index in [-0.39, 0.29) is 23.7 Å². The zero-order valence-corrected chi connectivity index (χ0v) is 18.5. The van der Waals surface area contributed by atoms with Gasteiger partial charge in [0.05, 0.1) is 12.1 Å². The molecule has 30 heavy (non-hydrogen) atoms. The van der Waals surface area contributed by atoms with Crippen molar-refractivity contribution >= 4 is 34.7 Å². The summed E-state index contributed by atoms with van der Waals surface area (Å²) in [6.45, 7) is 4.25. The highest BCUT2D eigenvalue weighted by Crippen LogP contribution is 2.35. The molecule has 0 unspecified atom stereocenters. The third-order valence-electron chi connectivity index (χ3n) is 5.00. The lowest BCUT2D eigenvalue weighted by Gasteiger charge is -2.24. The van der Waals surface area contributed by atoms with Crippen molar-refractivity contribution in [2.75, 3.05) is 25.5 Å². The van der Waals surface area contributed by atoms with Crippen molar-refractivity contribution < 1.29 is 9.53 Å². The second-order valence-electron chi connectivity index (χ2n) is 7.73. The van der Waals surface area contributed by atoms with Crippen molar-refractivity contribution in [2.45, 2.75) is 38.8 Å². The number of hydrogen-bond acceptors (Lipinski definition) is 8. The lowest BCUT2D eigenvalue weighted by atomic mass is 10.1. The number of aromatic nitrogens is 1. The molecule has 1 saturated heterocycles. The number of anilines is 1. The van der Waals surface area contributed by atoms with Crippen LogP contribution in [0.1, 0.15) is 52.4 Å². The molecule has 1 aliphatic rings. The molecule has 1 fully saturated rings. The zero-order chi connectivity index (χ0) is 22.0. The molecule has 4 N–H and O–H groups in total. The zero-order valence-electron chi connectivity index (χ0n) is 17.7. The Morgan fingerprint density at radius 2 is 2.03 bits per heavy atom. The molecule has 8 nitrogen and oxygen atoms in total. The molecule has 1 aliphatic heterocycles. The van der Waals surface area contributed by atoms with Crippen molar-refractivity contribution in [1.82, 2.24) is 9.88 Å². The molecule has 0 spiro atoms. The Morgan fingerprint density at radius 3 is 2.63 bits per heavy atom. The van der Waals surface area contributed by atoms with Gasteiger partial charge in [0, 0.05) is 48.5 Å². The van der Waals surface area contributed by atoms with Crippen LogP contribution in [-0.2, 0) is 4.74 Å². The smallest absolute Gasteiger partial charge is 0.254 e. The number of carbonyl (C=O) groups excluding carboxylic acids is 1. The van der Waals surface area contributed by atoms with E-state index in [4.69, 9.17) is 21.3 Å². The molecule has 1 amide bonds. The second-order valence-corrected chi connectivity index (χ2v) is 8.62. The largest absolute Gasteiger partial charge is 0.424 e. The van der Waals surface area contributed by atoms with E-state index < -0.39 is 6.04 Å². The number of nitrogens with two attached hydrogens (primary N) is 1. The predicted octanol–water partition coefficient (Wildman–Crippen LogP) is 3.16. The first kappa shape index (κ1) is 21.9. The van der Waals surface area contributed by atoms with E-state index in [0.717, 1.165) is 29.2 Å². The minimum absolute atomic E-state index is 0.0235. The third-order valence-corrected chi connectivity index (χ3v) is 6.07. The summed E-state index contributed by atoms with van der Waals surface area (Å²) in [6.07, 6.45) is 1.82. The van der Waals surface area contributed by atoms with E-state index in [1.165, 1.54) is 0 Å². The van der Waals surface area contributed by atoms with E-state index in [9.17, 15) is 4.79 Å². The fraction of sp³-hybridized carbons (Fsp3) is 0.429. The highest BCUT2D eigenvalue weighted by Gasteiger charge is 2.33. The van der Waals surface area contributed by atoms with Gasteiger partial charge >= 0.3 is 0 Å². The molecule has 0 aliphatic carbocycles. The molecule has 2 heterocycles. The Hall–Kier alpha value is -2.78. The van der Waals surface area contributed by atoms with E-state index in [0.29, 0.717) is 17.7 Å². The second kappa shape index (κ2) is 8.93. The van der Waals surface area contributed by atoms with Crippen molar-refractivity contribution in [2.24, 2.45) is 5.73 Å². The fourth-order valence-electron chi connectivity index (χ4n) is 3.34. The van der Waals surface area contributed by atoms with Gasteiger partial charge in [0.2, 0.25) is 11.8 Å². The summed E-state index contributed by atoms with van der Waals surface area (Å²) in [5, 5.41) is 19.0. The first-order valence-electron chi connectivity index (χ1n) is 9.83. The number of hydrogen-bond donors (Lipinski definition) is 3. The lowest BCUT2D eigenvalue weighted by Crippen LogP contribution is -2.31. The standard InChI is InChI=1S/C21H28N6O2S/c1-12-11-30-20(25-12)17-6-5-7-27(17)21(28)15-8-14(9-16(10-15)26(3)4)19(24)29-18(23)13(2)22/h8-11,13,17,23-24H,5-7,22H2,1-4H3/t13-,17+/m0/s1. The normalized spacial score (nSPS) is 17.0. The minimum Gasteiger partial charge on any atom is -0.424 e. The third kappa shape index (κ3) is 4.68. The molecule has 2 atom stereocenters. The molecule has 160 valence electrons. The molecule has 9 heteroatoms. The number of ether oxygens (including phenoxy) is 1. The topological polar surface area (TPSA) is 119 Å². The first-order chi connectivity index (χ1) is 14.2. The number of nitrogens with zero attached hydrogens (tertiary/aromatic N) is 3. The Bertz CT molecular complexity index is 968. The van der Waals surface area contributed by atoms with Gasteiger partial charge in [0.25, 0.3) is 5.91 Å². The minimum atomic E-state index is -0.615. The average molecular weight is 429 g/mol. The highest BCUT2D eigenvalue weighted by atomic mass is 32.1. The summed E-state index contributed by atoms with van der Waals surface area (Å²) in [7, 11) is 3.75. The van der Waals surface area contributed by atoms with E-state index in [2.05, 4.69) is 4.98 Å². The predicted molar refractivity (Wildman–Crippen MR) is 120 cm³/mol. The number of thiazole rings is 1. The van der Waals surface area contributed by atoms with Crippen LogP contribution in [0.2, 0.25) is 0 Å². The summed E-state index contributed by atoms with van der Waals surface area (Å²) in [5.41, 5.74) is 8.30. The Labute approximate surface area is 180 Å². The Kier molecular flexibility index (Phi) is 6.52. The fourth-order valence-corrected chi connectivity index (χ4v) is 4.29. The Morgan fingerprint density at radius 1 is 1.33 bits per heavy atom. The summed E-state index contributed by atoms with van der Waals surface area (Å²) < 4.78 is 5.28. The Balaban J connectivity index is 1.92. The van der Waals surface area contributed by atoms with Crippen LogP contribution in [0.15, 0.2) is 23.6 Å². The summed E-state index contributed by atoms with van der Waals surface area (Å²) in [4.78, 5) is 21.8. The van der Waals surface area contributed by atoms with Gasteiger partial charge < -0.3 is 20.3 Å². The van der Waals surface area contributed by atoms with Gasteiger partial charge in [-0.15, -0.1) is 11.3 Å². The first-order valence-corrected chi connectivity index (χ1v) is 10.7. The maximum absolute atomic E-state index is 13.4. The summed E-state index contributed by atoms with van der Waals surface area (Å²) in [5.74, 6) is -0.490. The maximum atomic E-state index is 13.4. The number of amides is 1. The van der Waals surface area contributed by atoms with E-state index >= 15 is 0 Å². The number of nitrogens with one attached hydrogen (secondary N) is 2. The number of likely N-dealkylation sites (tertiary alicyclic amines) is 1. The van der Waals surface area contributed by atoms with Crippen molar-refractivity contribution in [3.63, 3.8) is 0 Å². The van der Waals surface area contributed by atoms with Gasteiger partial charge in [-0.1, -0.05) is 0 Å². The molecule has 1 aromatic carbocycles. The van der Waals surface area contributed by atoms with Crippen molar-refractivity contribution in [1.29, 1.82) is 10.8 Å².